The van der Waals surface area contributed by atoms with E-state index in [1.807, 2.05) is 71.6 Å². The molecule has 12 heteroatoms. The Morgan fingerprint density at radius 3 is 2.60 bits per heavy atom. The lowest BCUT2D eigenvalue weighted by molar-refractivity contribution is -0.116. The van der Waals surface area contributed by atoms with E-state index in [0.717, 1.165) is 73.8 Å². The number of nitrogens with zero attached hydrogens (tertiary/aromatic N) is 4. The van der Waals surface area contributed by atoms with Gasteiger partial charge in [0.2, 0.25) is 11.8 Å². The zero-order valence-electron chi connectivity index (χ0n) is 25.2. The third-order valence-corrected chi connectivity index (χ3v) is 12.7. The summed E-state index contributed by atoms with van der Waals surface area (Å²) in [5, 5.41) is 4.23. The van der Waals surface area contributed by atoms with E-state index in [9.17, 15) is 14.4 Å². The number of nitrogens with one attached hydrogen (secondary N) is 1. The Bertz CT molecular complexity index is 2230. The second-order valence-electron chi connectivity index (χ2n) is 11.5. The molecule has 236 valence electrons. The first kappa shape index (κ1) is 30.4. The van der Waals surface area contributed by atoms with E-state index in [-0.39, 0.29) is 23.1 Å². The molecule has 0 fully saturated rings. The Hall–Kier alpha value is -3.97. The number of thioether (sulfide) groups is 2. The molecular weight excluding hydrogens is 667 g/mol. The Morgan fingerprint density at radius 2 is 1.70 bits per heavy atom. The summed E-state index contributed by atoms with van der Waals surface area (Å²) in [7, 11) is 0. The third-order valence-electron chi connectivity index (χ3n) is 8.46. The molecule has 2 amide bonds. The summed E-state index contributed by atoms with van der Waals surface area (Å²) in [5.41, 5.74) is 5.53. The van der Waals surface area contributed by atoms with E-state index in [1.54, 1.807) is 15.9 Å². The summed E-state index contributed by atoms with van der Waals surface area (Å²) >= 11 is 5.83. The van der Waals surface area contributed by atoms with Crippen molar-refractivity contribution < 1.29 is 9.59 Å². The first-order valence-corrected chi connectivity index (χ1v) is 19.1. The van der Waals surface area contributed by atoms with Crippen molar-refractivity contribution in [2.24, 2.45) is 0 Å². The summed E-state index contributed by atoms with van der Waals surface area (Å²) in [5.74, 6) is 0.301. The predicted octanol–water partition coefficient (Wildman–Crippen LogP) is 7.35. The van der Waals surface area contributed by atoms with Crippen LogP contribution in [0.4, 0.5) is 11.4 Å². The number of carbonyl (C=O) groups excluding carboxylic acids is 2. The zero-order chi connectivity index (χ0) is 31.9. The number of hydrogen-bond donors (Lipinski definition) is 1. The number of para-hydroxylation sites is 2. The van der Waals surface area contributed by atoms with Gasteiger partial charge in [-0.2, -0.15) is 0 Å². The second kappa shape index (κ2) is 12.9. The molecule has 1 N–H and O–H groups in total. The fraction of sp³-hybridized carbons (Fsp3) is 0.229. The maximum Gasteiger partial charge on any atom is 0.267 e. The molecule has 3 aromatic carbocycles. The highest BCUT2D eigenvalue weighted by Gasteiger charge is 2.25. The molecule has 1 aliphatic carbocycles. The van der Waals surface area contributed by atoms with Crippen LogP contribution in [-0.4, -0.2) is 44.4 Å². The van der Waals surface area contributed by atoms with Crippen LogP contribution in [-0.2, 0) is 28.9 Å². The van der Waals surface area contributed by atoms with Gasteiger partial charge in [-0.05, 0) is 79.6 Å². The van der Waals surface area contributed by atoms with Crippen LogP contribution in [0.15, 0.2) is 87.1 Å². The van der Waals surface area contributed by atoms with Gasteiger partial charge in [-0.1, -0.05) is 59.9 Å². The van der Waals surface area contributed by atoms with Gasteiger partial charge in [0.25, 0.3) is 5.56 Å². The standard InChI is InChI=1S/C35H29N5O3S4/c41-29(19-44-34-38-32-31(24-11-5-7-13-27(24)46-32)33(43)40(34)23-9-2-1-3-10-23)36-22-14-15-25-28(18-22)47-35(37-25)45-20-30(42)39-17-16-21-8-4-6-12-26(21)39/h1-4,6,8-10,12,14-15,18H,5,7,11,13,16-17,19-20H2,(H,36,41). The van der Waals surface area contributed by atoms with Gasteiger partial charge >= 0.3 is 0 Å². The third kappa shape index (κ3) is 5.99. The normalized spacial score (nSPS) is 14.0. The molecule has 0 saturated heterocycles. The number of anilines is 2. The quantitative estimate of drug-likeness (QED) is 0.131. The lowest BCUT2D eigenvalue weighted by Crippen LogP contribution is -2.30. The molecule has 6 aromatic rings. The molecule has 2 aliphatic rings. The lowest BCUT2D eigenvalue weighted by atomic mass is 9.97. The van der Waals surface area contributed by atoms with Crippen LogP contribution in [0.5, 0.6) is 0 Å². The first-order chi connectivity index (χ1) is 23.0. The molecule has 0 radical (unpaired) electrons. The van der Waals surface area contributed by atoms with Crippen LogP contribution in [0.2, 0.25) is 0 Å². The number of benzene rings is 3. The number of amides is 2. The first-order valence-electron chi connectivity index (χ1n) is 15.5. The van der Waals surface area contributed by atoms with Crippen molar-refractivity contribution in [1.82, 2.24) is 14.5 Å². The van der Waals surface area contributed by atoms with Gasteiger partial charge in [0.15, 0.2) is 9.50 Å². The van der Waals surface area contributed by atoms with E-state index in [0.29, 0.717) is 23.1 Å². The van der Waals surface area contributed by atoms with Crippen LogP contribution in [0.1, 0.15) is 28.8 Å². The predicted molar refractivity (Wildman–Crippen MR) is 194 cm³/mol. The summed E-state index contributed by atoms with van der Waals surface area (Å²) in [4.78, 5) is 53.6. The van der Waals surface area contributed by atoms with Crippen LogP contribution in [0.3, 0.4) is 0 Å². The smallest absolute Gasteiger partial charge is 0.267 e. The van der Waals surface area contributed by atoms with Gasteiger partial charge in [-0.3, -0.25) is 19.0 Å². The van der Waals surface area contributed by atoms with Gasteiger partial charge in [-0.25, -0.2) is 9.97 Å². The molecule has 4 heterocycles. The minimum Gasteiger partial charge on any atom is -0.325 e. The number of aryl methyl sites for hydroxylation is 2. The maximum absolute atomic E-state index is 13.9. The Labute approximate surface area is 287 Å². The molecule has 8 rings (SSSR count). The number of hydrogen-bond acceptors (Lipinski definition) is 9. The molecule has 8 nitrogen and oxygen atoms in total. The van der Waals surface area contributed by atoms with E-state index >= 15 is 0 Å². The molecule has 1 aliphatic heterocycles. The molecule has 0 bridgehead atoms. The van der Waals surface area contributed by atoms with Crippen LogP contribution >= 0.6 is 46.2 Å². The fourth-order valence-corrected chi connectivity index (χ4v) is 10.4. The monoisotopic (exact) mass is 695 g/mol. The van der Waals surface area contributed by atoms with Crippen LogP contribution in [0.25, 0.3) is 26.1 Å². The van der Waals surface area contributed by atoms with Crippen molar-refractivity contribution in [3.05, 3.63) is 99.2 Å². The van der Waals surface area contributed by atoms with Gasteiger partial charge in [0.1, 0.15) is 4.83 Å². The number of thiazole rings is 1. The number of aromatic nitrogens is 3. The zero-order valence-corrected chi connectivity index (χ0v) is 28.5. The minimum absolute atomic E-state index is 0.0697. The highest BCUT2D eigenvalue weighted by Crippen LogP contribution is 2.36. The molecule has 0 spiro atoms. The summed E-state index contributed by atoms with van der Waals surface area (Å²) < 4.78 is 3.40. The lowest BCUT2D eigenvalue weighted by Gasteiger charge is -2.16. The number of fused-ring (bicyclic) bond motifs is 5. The minimum atomic E-state index is -0.190. The molecule has 0 atom stereocenters. The van der Waals surface area contributed by atoms with Gasteiger partial charge < -0.3 is 10.2 Å². The van der Waals surface area contributed by atoms with Crippen molar-refractivity contribution >= 4 is 89.8 Å². The highest BCUT2D eigenvalue weighted by molar-refractivity contribution is 8.01. The summed E-state index contributed by atoms with van der Waals surface area (Å²) in [6.45, 7) is 0.713. The SMILES string of the molecule is O=C(CSc1nc2sc3c(c2c(=O)n1-c1ccccc1)CCCC3)Nc1ccc2nc(SCC(=O)N3CCc4ccccc43)sc2c1. The van der Waals surface area contributed by atoms with Crippen molar-refractivity contribution in [3.8, 4) is 5.69 Å². The van der Waals surface area contributed by atoms with Gasteiger partial charge in [-0.15, -0.1) is 22.7 Å². The van der Waals surface area contributed by atoms with Crippen molar-refractivity contribution in [2.75, 3.05) is 28.3 Å². The number of carbonyl (C=O) groups is 2. The molecule has 0 saturated carbocycles. The second-order valence-corrected chi connectivity index (χ2v) is 15.8. The average Bonchev–Trinajstić information content (AvgIpc) is 3.81. The van der Waals surface area contributed by atoms with E-state index in [2.05, 4.69) is 11.4 Å². The number of rotatable bonds is 8. The Balaban J connectivity index is 0.959. The van der Waals surface area contributed by atoms with Gasteiger partial charge in [0.05, 0.1) is 32.8 Å². The Morgan fingerprint density at radius 1 is 0.872 bits per heavy atom. The number of thiophene rings is 1. The molecule has 3 aromatic heterocycles. The summed E-state index contributed by atoms with van der Waals surface area (Å²) in [6, 6.07) is 23.2. The van der Waals surface area contributed by atoms with Crippen LogP contribution < -0.4 is 15.8 Å². The fourth-order valence-electron chi connectivity index (χ4n) is 6.26. The van der Waals surface area contributed by atoms with Gasteiger partial charge in [0, 0.05) is 22.8 Å². The molecule has 47 heavy (non-hydrogen) atoms. The Kier molecular flexibility index (Phi) is 8.34. The van der Waals surface area contributed by atoms with E-state index < -0.39 is 0 Å². The van der Waals surface area contributed by atoms with E-state index in [4.69, 9.17) is 9.97 Å². The summed E-state index contributed by atoms with van der Waals surface area (Å²) in [6.07, 6.45) is 5.00. The molecule has 0 unspecified atom stereocenters. The van der Waals surface area contributed by atoms with Crippen molar-refractivity contribution in [1.29, 1.82) is 0 Å². The van der Waals surface area contributed by atoms with Crippen LogP contribution in [0, 0.1) is 0 Å². The van der Waals surface area contributed by atoms with Crippen molar-refractivity contribution in [3.63, 3.8) is 0 Å². The highest BCUT2D eigenvalue weighted by atomic mass is 32.2. The largest absolute Gasteiger partial charge is 0.325 e. The van der Waals surface area contributed by atoms with Crippen molar-refractivity contribution in [2.45, 2.75) is 41.6 Å². The molecular formula is C35H29N5O3S4. The topological polar surface area (TPSA) is 97.2 Å². The van der Waals surface area contributed by atoms with E-state index in [1.165, 1.54) is 45.3 Å². The average molecular weight is 696 g/mol. The maximum atomic E-state index is 13.9.